The number of carbonyl (C=O) groups is 2. The first-order valence-electron chi connectivity index (χ1n) is 9.65. The second-order valence-electron chi connectivity index (χ2n) is 7.16. The number of carbonyl (C=O) groups excluding carboxylic acids is 1. The molecule has 0 aliphatic heterocycles. The molecule has 9 heteroatoms. The number of hydrogen-bond donors (Lipinski definition) is 3. The molecule has 160 valence electrons. The van der Waals surface area contributed by atoms with Crippen LogP contribution in [0.3, 0.4) is 0 Å². The first kappa shape index (κ1) is 21.6. The third kappa shape index (κ3) is 5.10. The van der Waals surface area contributed by atoms with E-state index in [2.05, 4.69) is 10.0 Å². The summed E-state index contributed by atoms with van der Waals surface area (Å²) in [6, 6.07) is 9.56. The van der Waals surface area contributed by atoms with Crippen molar-refractivity contribution in [3.63, 3.8) is 0 Å². The smallest absolute Gasteiger partial charge is 0.335 e. The van der Waals surface area contributed by atoms with Gasteiger partial charge < -0.3 is 15.2 Å². The van der Waals surface area contributed by atoms with Crippen LogP contribution >= 0.6 is 0 Å². The van der Waals surface area contributed by atoms with E-state index in [9.17, 15) is 18.0 Å². The number of carboxylic acid groups (broad SMARTS) is 1. The van der Waals surface area contributed by atoms with Crippen LogP contribution < -0.4 is 14.8 Å². The fourth-order valence-corrected chi connectivity index (χ4v) is 4.55. The van der Waals surface area contributed by atoms with Crippen molar-refractivity contribution in [3.05, 3.63) is 53.6 Å². The van der Waals surface area contributed by atoms with Crippen molar-refractivity contribution in [1.82, 2.24) is 5.32 Å². The molecular formula is C21H24N2O6S. The first-order chi connectivity index (χ1) is 14.3. The van der Waals surface area contributed by atoms with Gasteiger partial charge in [-0.15, -0.1) is 0 Å². The average molecular weight is 432 g/mol. The van der Waals surface area contributed by atoms with Crippen molar-refractivity contribution in [2.45, 2.75) is 43.0 Å². The molecule has 1 aliphatic carbocycles. The van der Waals surface area contributed by atoms with Crippen molar-refractivity contribution in [2.24, 2.45) is 0 Å². The summed E-state index contributed by atoms with van der Waals surface area (Å²) in [6.07, 6.45) is 5.05. The van der Waals surface area contributed by atoms with E-state index < -0.39 is 16.0 Å². The van der Waals surface area contributed by atoms with Gasteiger partial charge in [-0.2, -0.15) is 0 Å². The number of ether oxygens (including phenoxy) is 1. The Balaban J connectivity index is 1.86. The van der Waals surface area contributed by atoms with Crippen LogP contribution in [0, 0.1) is 0 Å². The molecule has 2 aromatic rings. The Hall–Kier alpha value is -3.07. The molecule has 0 aromatic heterocycles. The number of sulfonamides is 1. The third-order valence-electron chi connectivity index (χ3n) is 5.03. The number of nitrogens with one attached hydrogen (secondary N) is 2. The summed E-state index contributed by atoms with van der Waals surface area (Å²) >= 11 is 0. The topological polar surface area (TPSA) is 122 Å². The zero-order valence-electron chi connectivity index (χ0n) is 16.6. The number of anilines is 1. The maximum Gasteiger partial charge on any atom is 0.335 e. The molecule has 0 atom stereocenters. The SMILES string of the molecule is COc1ccc(S(=O)(=O)Nc2cccc(C(=O)O)c2)cc1C(=O)NC1CCCCC1. The Kier molecular flexibility index (Phi) is 6.61. The number of amides is 1. The van der Waals surface area contributed by atoms with Gasteiger partial charge in [-0.05, 0) is 49.2 Å². The second-order valence-corrected chi connectivity index (χ2v) is 8.84. The highest BCUT2D eigenvalue weighted by Crippen LogP contribution is 2.25. The van der Waals surface area contributed by atoms with Gasteiger partial charge in [0.2, 0.25) is 0 Å². The zero-order valence-corrected chi connectivity index (χ0v) is 17.4. The Morgan fingerprint density at radius 3 is 2.47 bits per heavy atom. The molecule has 0 heterocycles. The quantitative estimate of drug-likeness (QED) is 0.617. The van der Waals surface area contributed by atoms with Gasteiger partial charge in [-0.25, -0.2) is 13.2 Å². The molecule has 0 bridgehead atoms. The van der Waals surface area contributed by atoms with E-state index in [0.29, 0.717) is 0 Å². The number of carboxylic acids is 1. The lowest BCUT2D eigenvalue weighted by molar-refractivity contribution is 0.0696. The lowest BCUT2D eigenvalue weighted by Crippen LogP contribution is -2.36. The van der Waals surface area contributed by atoms with Crippen LogP contribution in [0.15, 0.2) is 47.4 Å². The van der Waals surface area contributed by atoms with E-state index in [1.807, 2.05) is 0 Å². The monoisotopic (exact) mass is 432 g/mol. The maximum atomic E-state index is 12.8. The molecule has 1 fully saturated rings. The summed E-state index contributed by atoms with van der Waals surface area (Å²) in [5.74, 6) is -1.28. The molecule has 3 N–H and O–H groups in total. The standard InChI is InChI=1S/C21H24N2O6S/c1-29-19-11-10-17(13-18(19)20(24)22-15-7-3-2-4-8-15)30(27,28)23-16-9-5-6-14(12-16)21(25)26/h5-6,9-13,15,23H,2-4,7-8H2,1H3,(H,22,24)(H,25,26). The molecule has 1 aliphatic rings. The molecule has 30 heavy (non-hydrogen) atoms. The third-order valence-corrected chi connectivity index (χ3v) is 6.41. The van der Waals surface area contributed by atoms with Gasteiger partial charge in [-0.1, -0.05) is 25.3 Å². The summed E-state index contributed by atoms with van der Waals surface area (Å²) in [7, 11) is -2.64. The lowest BCUT2D eigenvalue weighted by Gasteiger charge is -2.23. The molecule has 0 unspecified atom stereocenters. The molecular weight excluding hydrogens is 408 g/mol. The van der Waals surface area contributed by atoms with Crippen LogP contribution in [-0.4, -0.2) is 38.6 Å². The van der Waals surface area contributed by atoms with E-state index >= 15 is 0 Å². The molecule has 2 aromatic carbocycles. The molecule has 1 amide bonds. The van der Waals surface area contributed by atoms with Crippen LogP contribution in [0.25, 0.3) is 0 Å². The van der Waals surface area contributed by atoms with Crippen LogP contribution in [0.1, 0.15) is 52.8 Å². The van der Waals surface area contributed by atoms with E-state index in [1.54, 1.807) is 0 Å². The van der Waals surface area contributed by atoms with Crippen LogP contribution in [-0.2, 0) is 10.0 Å². The second kappa shape index (κ2) is 9.17. The summed E-state index contributed by atoms with van der Waals surface area (Å²) in [6.45, 7) is 0. The predicted octanol–water partition coefficient (Wildman–Crippen LogP) is 3.26. The van der Waals surface area contributed by atoms with E-state index in [-0.39, 0.29) is 39.4 Å². The average Bonchev–Trinajstić information content (AvgIpc) is 2.73. The van der Waals surface area contributed by atoms with Gasteiger partial charge in [0.25, 0.3) is 15.9 Å². The summed E-state index contributed by atoms with van der Waals surface area (Å²) in [4.78, 5) is 23.8. The molecule has 0 radical (unpaired) electrons. The van der Waals surface area contributed by atoms with E-state index in [1.165, 1.54) is 49.6 Å². The fourth-order valence-electron chi connectivity index (χ4n) is 3.47. The minimum atomic E-state index is -4.05. The van der Waals surface area contributed by atoms with Gasteiger partial charge in [0, 0.05) is 11.7 Å². The minimum Gasteiger partial charge on any atom is -0.496 e. The van der Waals surface area contributed by atoms with Crippen molar-refractivity contribution in [3.8, 4) is 5.75 Å². The number of benzene rings is 2. The van der Waals surface area contributed by atoms with Crippen molar-refractivity contribution in [2.75, 3.05) is 11.8 Å². The normalized spacial score (nSPS) is 14.7. The number of hydrogen-bond acceptors (Lipinski definition) is 5. The van der Waals surface area contributed by atoms with Gasteiger partial charge in [-0.3, -0.25) is 9.52 Å². The van der Waals surface area contributed by atoms with Gasteiger partial charge in [0.1, 0.15) is 5.75 Å². The van der Waals surface area contributed by atoms with E-state index in [0.717, 1.165) is 32.1 Å². The van der Waals surface area contributed by atoms with Crippen molar-refractivity contribution < 1.29 is 27.9 Å². The van der Waals surface area contributed by atoms with Gasteiger partial charge >= 0.3 is 5.97 Å². The largest absolute Gasteiger partial charge is 0.496 e. The van der Waals surface area contributed by atoms with Gasteiger partial charge in [0.05, 0.1) is 23.1 Å². The number of aromatic carboxylic acids is 1. The predicted molar refractivity (Wildman–Crippen MR) is 112 cm³/mol. The Morgan fingerprint density at radius 1 is 1.07 bits per heavy atom. The van der Waals surface area contributed by atoms with Gasteiger partial charge in [0.15, 0.2) is 0 Å². The molecule has 0 spiro atoms. The highest BCUT2D eigenvalue weighted by atomic mass is 32.2. The maximum absolute atomic E-state index is 12.8. The number of methoxy groups -OCH3 is 1. The highest BCUT2D eigenvalue weighted by Gasteiger charge is 2.23. The lowest BCUT2D eigenvalue weighted by atomic mass is 9.95. The Bertz CT molecular complexity index is 1050. The van der Waals surface area contributed by atoms with Crippen LogP contribution in [0.5, 0.6) is 5.75 Å². The van der Waals surface area contributed by atoms with Crippen LogP contribution in [0.2, 0.25) is 0 Å². The highest BCUT2D eigenvalue weighted by molar-refractivity contribution is 7.92. The summed E-state index contributed by atoms with van der Waals surface area (Å²) in [5.41, 5.74) is 0.196. The Morgan fingerprint density at radius 2 is 1.80 bits per heavy atom. The first-order valence-corrected chi connectivity index (χ1v) is 11.1. The van der Waals surface area contributed by atoms with Crippen molar-refractivity contribution >= 4 is 27.6 Å². The van der Waals surface area contributed by atoms with E-state index in [4.69, 9.17) is 9.84 Å². The molecule has 0 saturated heterocycles. The number of rotatable bonds is 7. The van der Waals surface area contributed by atoms with Crippen LogP contribution in [0.4, 0.5) is 5.69 Å². The zero-order chi connectivity index (χ0) is 21.7. The summed E-state index contributed by atoms with van der Waals surface area (Å²) < 4.78 is 33.2. The summed E-state index contributed by atoms with van der Waals surface area (Å²) in [5, 5.41) is 12.0. The Labute approximate surface area is 175 Å². The fraction of sp³-hybridized carbons (Fsp3) is 0.333. The molecule has 8 nitrogen and oxygen atoms in total. The van der Waals surface area contributed by atoms with Crippen molar-refractivity contribution in [1.29, 1.82) is 0 Å². The molecule has 1 saturated carbocycles. The molecule has 3 rings (SSSR count). The minimum absolute atomic E-state index is 0.0440.